The molecule has 3 aromatic rings. The Labute approximate surface area is 185 Å². The molecule has 0 saturated heterocycles. The van der Waals surface area contributed by atoms with Crippen LogP contribution < -0.4 is 10.1 Å². The van der Waals surface area contributed by atoms with Gasteiger partial charge in [0.25, 0.3) is 0 Å². The summed E-state index contributed by atoms with van der Waals surface area (Å²) in [7, 11) is 1.64. The molecule has 3 rings (SSSR count). The highest BCUT2D eigenvalue weighted by Crippen LogP contribution is 2.33. The lowest BCUT2D eigenvalue weighted by Gasteiger charge is -2.11. The number of thioether (sulfide) groups is 2. The first-order chi connectivity index (χ1) is 13.9. The number of amides is 1. The van der Waals surface area contributed by atoms with Gasteiger partial charge in [0.05, 0.1) is 23.1 Å². The van der Waals surface area contributed by atoms with Crippen LogP contribution in [0.2, 0.25) is 5.02 Å². The number of nitrogens with zero attached hydrogens (tertiary/aromatic N) is 2. The van der Waals surface area contributed by atoms with Gasteiger partial charge in [-0.05, 0) is 42.8 Å². The zero-order valence-corrected chi connectivity index (χ0v) is 18.7. The van der Waals surface area contributed by atoms with Crippen LogP contribution in [0.15, 0.2) is 51.1 Å². The number of benzene rings is 2. The van der Waals surface area contributed by atoms with Crippen molar-refractivity contribution in [2.24, 2.45) is 0 Å². The summed E-state index contributed by atoms with van der Waals surface area (Å²) in [5.74, 6) is 0.889. The Morgan fingerprint density at radius 2 is 1.97 bits per heavy atom. The maximum atomic E-state index is 13.1. The summed E-state index contributed by atoms with van der Waals surface area (Å²) in [6, 6.07) is 11.7. The van der Waals surface area contributed by atoms with Gasteiger partial charge in [0, 0.05) is 5.75 Å². The summed E-state index contributed by atoms with van der Waals surface area (Å²) in [4.78, 5) is 12.4. The number of aromatic nitrogens is 2. The quantitative estimate of drug-likeness (QED) is 0.424. The van der Waals surface area contributed by atoms with Crippen LogP contribution in [-0.2, 0) is 10.5 Å². The monoisotopic (exact) mass is 469 g/mol. The molecule has 10 heteroatoms. The molecule has 1 N–H and O–H groups in total. The molecule has 0 aliphatic carbocycles. The smallest absolute Gasteiger partial charge is 0.237 e. The number of hydrogen-bond acceptors (Lipinski definition) is 7. The fourth-order valence-corrected chi connectivity index (χ4v) is 5.53. The summed E-state index contributed by atoms with van der Waals surface area (Å²) in [5, 5.41) is 10.8. The third-order valence-corrected chi connectivity index (χ3v) is 7.37. The first-order valence-corrected chi connectivity index (χ1v) is 11.5. The SMILES string of the molecule is COc1ccc(CSc2nnc(SC(C)C(=O)Nc3ccc(F)cc3Cl)s2)cc1. The van der Waals surface area contributed by atoms with E-state index in [0.717, 1.165) is 27.5 Å². The third kappa shape index (κ3) is 6.33. The van der Waals surface area contributed by atoms with Gasteiger partial charge in [-0.2, -0.15) is 0 Å². The highest BCUT2D eigenvalue weighted by atomic mass is 35.5. The normalized spacial score (nSPS) is 11.9. The van der Waals surface area contributed by atoms with Crippen LogP contribution in [0, 0.1) is 5.82 Å². The van der Waals surface area contributed by atoms with E-state index in [2.05, 4.69) is 15.5 Å². The maximum Gasteiger partial charge on any atom is 0.237 e. The Hall–Kier alpha value is -1.81. The molecule has 1 unspecified atom stereocenters. The Morgan fingerprint density at radius 3 is 2.66 bits per heavy atom. The molecule has 0 radical (unpaired) electrons. The van der Waals surface area contributed by atoms with Gasteiger partial charge in [-0.15, -0.1) is 10.2 Å². The van der Waals surface area contributed by atoms with E-state index < -0.39 is 11.1 Å². The van der Waals surface area contributed by atoms with E-state index in [0.29, 0.717) is 10.0 Å². The highest BCUT2D eigenvalue weighted by molar-refractivity contribution is 8.03. The molecule has 1 aromatic heterocycles. The van der Waals surface area contributed by atoms with Crippen molar-refractivity contribution in [2.75, 3.05) is 12.4 Å². The lowest BCUT2D eigenvalue weighted by Crippen LogP contribution is -2.22. The Morgan fingerprint density at radius 1 is 1.24 bits per heavy atom. The van der Waals surface area contributed by atoms with Gasteiger partial charge >= 0.3 is 0 Å². The summed E-state index contributed by atoms with van der Waals surface area (Å²) in [6.07, 6.45) is 0. The second kappa shape index (κ2) is 10.3. The summed E-state index contributed by atoms with van der Waals surface area (Å²) in [5.41, 5.74) is 1.53. The van der Waals surface area contributed by atoms with Gasteiger partial charge in [0.1, 0.15) is 11.6 Å². The summed E-state index contributed by atoms with van der Waals surface area (Å²) in [6.45, 7) is 1.77. The van der Waals surface area contributed by atoms with Crippen LogP contribution in [0.1, 0.15) is 12.5 Å². The van der Waals surface area contributed by atoms with E-state index in [1.54, 1.807) is 25.8 Å². The predicted octanol–water partition coefficient (Wildman–Crippen LogP) is 5.75. The topological polar surface area (TPSA) is 64.1 Å². The largest absolute Gasteiger partial charge is 0.497 e. The lowest BCUT2D eigenvalue weighted by molar-refractivity contribution is -0.115. The van der Waals surface area contributed by atoms with Gasteiger partial charge < -0.3 is 10.1 Å². The second-order valence-corrected chi connectivity index (χ2v) is 10.0. The van der Waals surface area contributed by atoms with Crippen LogP contribution in [0.5, 0.6) is 5.75 Å². The molecular weight excluding hydrogens is 453 g/mol. The molecule has 1 heterocycles. The fourth-order valence-electron chi connectivity index (χ4n) is 2.20. The second-order valence-electron chi connectivity index (χ2n) is 5.84. The van der Waals surface area contributed by atoms with Gasteiger partial charge in [0.2, 0.25) is 5.91 Å². The zero-order valence-electron chi connectivity index (χ0n) is 15.5. The first kappa shape index (κ1) is 21.9. The molecule has 0 aliphatic heterocycles. The molecule has 1 atom stereocenters. The van der Waals surface area contributed by atoms with E-state index in [4.69, 9.17) is 16.3 Å². The van der Waals surface area contributed by atoms with Crippen LogP contribution in [-0.4, -0.2) is 28.5 Å². The predicted molar refractivity (Wildman–Crippen MR) is 118 cm³/mol. The van der Waals surface area contributed by atoms with Crippen LogP contribution >= 0.6 is 46.5 Å². The van der Waals surface area contributed by atoms with Crippen molar-refractivity contribution in [3.63, 3.8) is 0 Å². The van der Waals surface area contributed by atoms with Crippen molar-refractivity contribution in [2.45, 2.75) is 26.6 Å². The van der Waals surface area contributed by atoms with Crippen LogP contribution in [0.4, 0.5) is 10.1 Å². The molecule has 1 amide bonds. The molecule has 0 bridgehead atoms. The van der Waals surface area contributed by atoms with Crippen LogP contribution in [0.3, 0.4) is 0 Å². The molecular formula is C19H17ClFN3O2S3. The molecule has 29 heavy (non-hydrogen) atoms. The number of ether oxygens (including phenoxy) is 1. The fraction of sp³-hybridized carbons (Fsp3) is 0.211. The molecule has 5 nitrogen and oxygen atoms in total. The summed E-state index contributed by atoms with van der Waals surface area (Å²) < 4.78 is 19.8. The summed E-state index contributed by atoms with van der Waals surface area (Å²) >= 11 is 10.3. The van der Waals surface area contributed by atoms with Gasteiger partial charge in [-0.25, -0.2) is 4.39 Å². The van der Waals surface area contributed by atoms with Crippen molar-refractivity contribution in [3.8, 4) is 5.75 Å². The van der Waals surface area contributed by atoms with Crippen molar-refractivity contribution >= 4 is 58.1 Å². The number of methoxy groups -OCH3 is 1. The number of halogens is 2. The van der Waals surface area contributed by atoms with E-state index in [1.165, 1.54) is 35.2 Å². The third-order valence-electron chi connectivity index (χ3n) is 3.75. The maximum absolute atomic E-state index is 13.1. The number of nitrogens with one attached hydrogen (secondary N) is 1. The number of anilines is 1. The molecule has 0 saturated carbocycles. The Bertz CT molecular complexity index is 985. The van der Waals surface area contributed by atoms with Gasteiger partial charge in [0.15, 0.2) is 8.68 Å². The lowest BCUT2D eigenvalue weighted by atomic mass is 10.2. The van der Waals surface area contributed by atoms with Crippen molar-refractivity contribution in [3.05, 3.63) is 58.9 Å². The van der Waals surface area contributed by atoms with Gasteiger partial charge in [-0.1, -0.05) is 58.6 Å². The number of hydrogen-bond donors (Lipinski definition) is 1. The Balaban J connectivity index is 1.52. The van der Waals surface area contributed by atoms with Crippen LogP contribution in [0.25, 0.3) is 0 Å². The van der Waals surface area contributed by atoms with Crippen molar-refractivity contribution < 1.29 is 13.9 Å². The van der Waals surface area contributed by atoms with E-state index in [9.17, 15) is 9.18 Å². The standard InChI is InChI=1S/C19H17ClFN3O2S3/c1-11(17(25)22-16-8-5-13(21)9-15(16)20)28-19-24-23-18(29-19)27-10-12-3-6-14(26-2)7-4-12/h3-9,11H,10H2,1-2H3,(H,22,25). The molecule has 152 valence electrons. The minimum Gasteiger partial charge on any atom is -0.497 e. The molecule has 0 aliphatic rings. The Kier molecular flexibility index (Phi) is 7.77. The number of rotatable bonds is 8. The molecule has 0 spiro atoms. The number of carbonyl (C=O) groups is 1. The van der Waals surface area contributed by atoms with Gasteiger partial charge in [-0.3, -0.25) is 4.79 Å². The van der Waals surface area contributed by atoms with Crippen molar-refractivity contribution in [1.29, 1.82) is 0 Å². The zero-order chi connectivity index (χ0) is 20.8. The minimum atomic E-state index is -0.455. The molecule has 0 fully saturated rings. The molecule has 2 aromatic carbocycles. The highest BCUT2D eigenvalue weighted by Gasteiger charge is 2.18. The van der Waals surface area contributed by atoms with E-state index >= 15 is 0 Å². The minimum absolute atomic E-state index is 0.156. The average molecular weight is 470 g/mol. The van der Waals surface area contributed by atoms with E-state index in [1.807, 2.05) is 24.3 Å². The van der Waals surface area contributed by atoms with Crippen molar-refractivity contribution in [1.82, 2.24) is 10.2 Å². The number of carbonyl (C=O) groups excluding carboxylic acids is 1. The average Bonchev–Trinajstić information content (AvgIpc) is 3.16. The van der Waals surface area contributed by atoms with E-state index in [-0.39, 0.29) is 10.9 Å². The first-order valence-electron chi connectivity index (χ1n) is 8.46.